The smallest absolute Gasteiger partial charge is 0.307 e. The monoisotopic (exact) mass is 245 g/mol. The molecule has 0 aliphatic heterocycles. The average Bonchev–Trinajstić information content (AvgIpc) is 2.32. The topological polar surface area (TPSA) is 76.4 Å². The molecule has 5 heteroatoms. The van der Waals surface area contributed by atoms with Gasteiger partial charge in [-0.25, -0.2) is 0 Å². The Morgan fingerprint density at radius 3 is 2.24 bits per heavy atom. The van der Waals surface area contributed by atoms with Crippen molar-refractivity contribution < 1.29 is 9.53 Å². The van der Waals surface area contributed by atoms with Crippen LogP contribution in [0.4, 0.5) is 0 Å². The second-order valence-corrected chi connectivity index (χ2v) is 3.90. The molecule has 0 aromatic rings. The van der Waals surface area contributed by atoms with Crippen LogP contribution in [0.25, 0.3) is 0 Å². The third-order valence-corrected chi connectivity index (χ3v) is 2.33. The Balaban J connectivity index is 3.01. The van der Waals surface area contributed by atoms with E-state index in [1.165, 1.54) is 0 Å². The number of nitrogens with one attached hydrogen (secondary N) is 2. The molecule has 0 aromatic heterocycles. The second-order valence-electron chi connectivity index (χ2n) is 3.90. The van der Waals surface area contributed by atoms with Crippen molar-refractivity contribution in [1.29, 1.82) is 0 Å². The highest BCUT2D eigenvalue weighted by Gasteiger charge is 1.99. The second kappa shape index (κ2) is 13.4. The Labute approximate surface area is 104 Å². The fraction of sp³-hybridized carbons (Fsp3) is 0.917. The number of carbonyl (C=O) groups is 1. The molecule has 0 radical (unpaired) electrons. The van der Waals surface area contributed by atoms with Crippen LogP contribution in [0, 0.1) is 0 Å². The summed E-state index contributed by atoms with van der Waals surface area (Å²) in [6.45, 7) is 6.75. The zero-order valence-corrected chi connectivity index (χ0v) is 11.0. The molecule has 0 saturated carbocycles. The molecule has 0 fully saturated rings. The molecule has 0 aliphatic carbocycles. The average molecular weight is 245 g/mol. The molecular weight excluding hydrogens is 218 g/mol. The molecule has 102 valence electrons. The van der Waals surface area contributed by atoms with Crippen molar-refractivity contribution in [2.24, 2.45) is 5.73 Å². The summed E-state index contributed by atoms with van der Waals surface area (Å²) in [5.41, 5.74) is 5.38. The summed E-state index contributed by atoms with van der Waals surface area (Å²) in [6, 6.07) is 0. The van der Waals surface area contributed by atoms with Gasteiger partial charge < -0.3 is 21.1 Å². The number of rotatable bonds is 12. The van der Waals surface area contributed by atoms with Gasteiger partial charge in [0.2, 0.25) is 0 Å². The highest BCUT2D eigenvalue weighted by molar-refractivity contribution is 5.69. The lowest BCUT2D eigenvalue weighted by molar-refractivity contribution is -0.142. The molecule has 0 saturated heterocycles. The Bertz CT molecular complexity index is 177. The van der Waals surface area contributed by atoms with E-state index in [2.05, 4.69) is 10.6 Å². The van der Waals surface area contributed by atoms with Crippen LogP contribution in [0.15, 0.2) is 0 Å². The predicted octanol–water partition coefficient (Wildman–Crippen LogP) is 0.248. The number of hydrogen-bond acceptors (Lipinski definition) is 5. The first-order valence-corrected chi connectivity index (χ1v) is 6.58. The van der Waals surface area contributed by atoms with Crippen LogP contribution in [0.1, 0.15) is 32.6 Å². The molecular formula is C12H27N3O2. The minimum atomic E-state index is -0.122. The maximum absolute atomic E-state index is 11.0. The van der Waals surface area contributed by atoms with E-state index in [-0.39, 0.29) is 5.97 Å². The van der Waals surface area contributed by atoms with Gasteiger partial charge in [0, 0.05) is 6.54 Å². The molecule has 0 atom stereocenters. The number of unbranched alkanes of at least 4 members (excludes halogenated alkanes) is 1. The molecule has 0 spiro atoms. The van der Waals surface area contributed by atoms with E-state index >= 15 is 0 Å². The molecule has 0 aromatic carbocycles. The summed E-state index contributed by atoms with van der Waals surface area (Å²) < 4.78 is 4.83. The van der Waals surface area contributed by atoms with E-state index in [4.69, 9.17) is 10.5 Å². The molecule has 5 nitrogen and oxygen atoms in total. The first-order chi connectivity index (χ1) is 8.31. The van der Waals surface area contributed by atoms with Crippen molar-refractivity contribution in [1.82, 2.24) is 10.6 Å². The number of hydrogen-bond donors (Lipinski definition) is 3. The van der Waals surface area contributed by atoms with Gasteiger partial charge in [0.25, 0.3) is 0 Å². The third kappa shape index (κ3) is 13.3. The van der Waals surface area contributed by atoms with Crippen LogP contribution >= 0.6 is 0 Å². The summed E-state index contributed by atoms with van der Waals surface area (Å²) in [7, 11) is 0. The van der Waals surface area contributed by atoms with Gasteiger partial charge in [0.1, 0.15) is 0 Å². The highest BCUT2D eigenvalue weighted by Crippen LogP contribution is 1.87. The lowest BCUT2D eigenvalue weighted by Crippen LogP contribution is -2.23. The van der Waals surface area contributed by atoms with Gasteiger partial charge in [0.15, 0.2) is 0 Å². The van der Waals surface area contributed by atoms with Crippen molar-refractivity contribution in [3.05, 3.63) is 0 Å². The van der Waals surface area contributed by atoms with Crippen molar-refractivity contribution in [3.8, 4) is 0 Å². The van der Waals surface area contributed by atoms with Crippen LogP contribution < -0.4 is 16.4 Å². The molecule has 0 bridgehead atoms. The number of nitrogens with two attached hydrogens (primary N) is 1. The molecule has 0 unspecified atom stereocenters. The van der Waals surface area contributed by atoms with Crippen molar-refractivity contribution >= 4 is 5.97 Å². The van der Waals surface area contributed by atoms with E-state index in [0.29, 0.717) is 19.6 Å². The van der Waals surface area contributed by atoms with E-state index in [9.17, 15) is 4.79 Å². The van der Waals surface area contributed by atoms with Crippen LogP contribution in [-0.2, 0) is 9.53 Å². The normalized spacial score (nSPS) is 10.5. The summed E-state index contributed by atoms with van der Waals surface area (Å²) >= 11 is 0. The minimum absolute atomic E-state index is 0.122. The molecule has 17 heavy (non-hydrogen) atoms. The van der Waals surface area contributed by atoms with E-state index < -0.39 is 0 Å². The quantitative estimate of drug-likeness (QED) is 0.339. The number of esters is 1. The molecule has 0 rings (SSSR count). The van der Waals surface area contributed by atoms with E-state index in [1.807, 2.05) is 6.92 Å². The van der Waals surface area contributed by atoms with Crippen LogP contribution in [0.3, 0.4) is 0 Å². The summed E-state index contributed by atoms with van der Waals surface area (Å²) in [6.07, 6.45) is 3.77. The Morgan fingerprint density at radius 2 is 1.65 bits per heavy atom. The zero-order valence-electron chi connectivity index (χ0n) is 11.0. The Kier molecular flexibility index (Phi) is 12.9. The summed E-state index contributed by atoms with van der Waals surface area (Å²) in [5.74, 6) is -0.122. The molecule has 0 amide bonds. The largest absolute Gasteiger partial charge is 0.466 e. The van der Waals surface area contributed by atoms with Crippen LogP contribution in [0.2, 0.25) is 0 Å². The standard InChI is InChI=1S/C12H27N3O2/c1-2-17-12(16)6-11-15-9-4-3-8-14-10-5-7-13/h14-15H,2-11,13H2,1H3. The van der Waals surface area contributed by atoms with Crippen molar-refractivity contribution in [2.75, 3.05) is 39.3 Å². The van der Waals surface area contributed by atoms with Gasteiger partial charge in [-0.05, 0) is 52.4 Å². The first kappa shape index (κ1) is 16.4. The van der Waals surface area contributed by atoms with E-state index in [0.717, 1.165) is 45.4 Å². The van der Waals surface area contributed by atoms with Crippen molar-refractivity contribution in [3.63, 3.8) is 0 Å². The minimum Gasteiger partial charge on any atom is -0.466 e. The molecule has 4 N–H and O–H groups in total. The van der Waals surface area contributed by atoms with Crippen LogP contribution in [0.5, 0.6) is 0 Å². The van der Waals surface area contributed by atoms with Gasteiger partial charge >= 0.3 is 5.97 Å². The van der Waals surface area contributed by atoms with Gasteiger partial charge in [-0.1, -0.05) is 0 Å². The van der Waals surface area contributed by atoms with Crippen LogP contribution in [-0.4, -0.2) is 45.3 Å². The maximum Gasteiger partial charge on any atom is 0.307 e. The summed E-state index contributed by atoms with van der Waals surface area (Å²) in [4.78, 5) is 11.0. The zero-order chi connectivity index (χ0) is 12.8. The first-order valence-electron chi connectivity index (χ1n) is 6.58. The number of ether oxygens (including phenoxy) is 1. The lowest BCUT2D eigenvalue weighted by Gasteiger charge is -2.05. The maximum atomic E-state index is 11.0. The fourth-order valence-electron chi connectivity index (χ4n) is 1.40. The van der Waals surface area contributed by atoms with E-state index in [1.54, 1.807) is 0 Å². The lowest BCUT2D eigenvalue weighted by atomic mass is 10.3. The predicted molar refractivity (Wildman–Crippen MR) is 69.9 cm³/mol. The third-order valence-electron chi connectivity index (χ3n) is 2.33. The summed E-state index contributed by atoms with van der Waals surface area (Å²) in [5, 5.41) is 6.56. The van der Waals surface area contributed by atoms with Gasteiger partial charge in [-0.2, -0.15) is 0 Å². The fourth-order valence-corrected chi connectivity index (χ4v) is 1.40. The highest BCUT2D eigenvalue weighted by atomic mass is 16.5. The molecule has 0 heterocycles. The van der Waals surface area contributed by atoms with Crippen molar-refractivity contribution in [2.45, 2.75) is 32.6 Å². The molecule has 0 aliphatic rings. The number of carbonyl (C=O) groups excluding carboxylic acids is 1. The van der Waals surface area contributed by atoms with Gasteiger partial charge in [0.05, 0.1) is 13.0 Å². The Hall–Kier alpha value is -0.650. The van der Waals surface area contributed by atoms with Gasteiger partial charge in [-0.3, -0.25) is 4.79 Å². The SMILES string of the molecule is CCOC(=O)CCNCCCCNCCCN. The van der Waals surface area contributed by atoms with Gasteiger partial charge in [-0.15, -0.1) is 0 Å². The Morgan fingerprint density at radius 1 is 1.06 bits per heavy atom.